The van der Waals surface area contributed by atoms with Crippen LogP contribution in [0.1, 0.15) is 26.7 Å². The van der Waals surface area contributed by atoms with Crippen molar-refractivity contribution in [2.75, 3.05) is 19.7 Å². The van der Waals surface area contributed by atoms with Gasteiger partial charge in [0.1, 0.15) is 0 Å². The molecule has 1 rings (SSSR count). The van der Waals surface area contributed by atoms with Gasteiger partial charge in [0.15, 0.2) is 0 Å². The molecule has 0 aromatic rings. The topological polar surface area (TPSA) is 77.8 Å². The maximum absolute atomic E-state index is 11.7. The molecule has 16 heavy (non-hydrogen) atoms. The molecule has 5 heteroatoms. The molecule has 5 nitrogen and oxygen atoms in total. The molecule has 0 radical (unpaired) electrons. The van der Waals surface area contributed by atoms with Gasteiger partial charge in [-0.2, -0.15) is 0 Å². The molecule has 0 aliphatic carbocycles. The van der Waals surface area contributed by atoms with Crippen LogP contribution in [0.4, 0.5) is 0 Å². The van der Waals surface area contributed by atoms with Crippen LogP contribution in [0.5, 0.6) is 0 Å². The van der Waals surface area contributed by atoms with Crippen LogP contribution in [-0.2, 0) is 9.59 Å². The van der Waals surface area contributed by atoms with E-state index in [4.69, 9.17) is 5.11 Å². The maximum atomic E-state index is 11.7. The van der Waals surface area contributed by atoms with Crippen LogP contribution in [0, 0.1) is 11.3 Å². The summed E-state index contributed by atoms with van der Waals surface area (Å²) in [5.74, 6) is -1.00. The zero-order chi connectivity index (χ0) is 12.3. The first kappa shape index (κ1) is 13.0. The standard InChI is InChI=1S/C11H19NO4/c1-11(2)7-12(5-8(11)6-13)9(14)3-4-10(15)16/h8,13H,3-7H2,1-2H3,(H,15,16)/t8-/m1/s1. The van der Waals surface area contributed by atoms with E-state index in [2.05, 4.69) is 0 Å². The van der Waals surface area contributed by atoms with Gasteiger partial charge >= 0.3 is 5.97 Å². The van der Waals surface area contributed by atoms with Crippen molar-refractivity contribution in [1.82, 2.24) is 4.90 Å². The van der Waals surface area contributed by atoms with E-state index in [1.165, 1.54) is 0 Å². The van der Waals surface area contributed by atoms with Crippen LogP contribution < -0.4 is 0 Å². The van der Waals surface area contributed by atoms with E-state index in [1.54, 1.807) is 4.90 Å². The summed E-state index contributed by atoms with van der Waals surface area (Å²) >= 11 is 0. The van der Waals surface area contributed by atoms with E-state index in [0.717, 1.165) is 0 Å². The fourth-order valence-electron chi connectivity index (χ4n) is 2.07. The molecule has 1 amide bonds. The smallest absolute Gasteiger partial charge is 0.303 e. The fraction of sp³-hybridized carbons (Fsp3) is 0.818. The number of carbonyl (C=O) groups is 2. The summed E-state index contributed by atoms with van der Waals surface area (Å²) in [7, 11) is 0. The number of carboxylic acids is 1. The van der Waals surface area contributed by atoms with Gasteiger partial charge in [-0.25, -0.2) is 0 Å². The van der Waals surface area contributed by atoms with Gasteiger partial charge in [0.2, 0.25) is 5.91 Å². The molecule has 92 valence electrons. The van der Waals surface area contributed by atoms with Crippen molar-refractivity contribution in [3.63, 3.8) is 0 Å². The minimum Gasteiger partial charge on any atom is -0.481 e. The van der Waals surface area contributed by atoms with E-state index in [0.29, 0.717) is 13.1 Å². The van der Waals surface area contributed by atoms with Crippen molar-refractivity contribution in [3.05, 3.63) is 0 Å². The predicted octanol–water partition coefficient (Wildman–Crippen LogP) is 0.328. The lowest BCUT2D eigenvalue weighted by molar-refractivity contribution is -0.140. The summed E-state index contributed by atoms with van der Waals surface area (Å²) in [5.41, 5.74) is -0.0896. The Labute approximate surface area is 95.1 Å². The monoisotopic (exact) mass is 229 g/mol. The average molecular weight is 229 g/mol. The fourth-order valence-corrected chi connectivity index (χ4v) is 2.07. The number of aliphatic carboxylic acids is 1. The lowest BCUT2D eigenvalue weighted by Gasteiger charge is -2.23. The largest absolute Gasteiger partial charge is 0.481 e. The van der Waals surface area contributed by atoms with Crippen molar-refractivity contribution in [3.8, 4) is 0 Å². The van der Waals surface area contributed by atoms with Gasteiger partial charge in [-0.05, 0) is 5.41 Å². The lowest BCUT2D eigenvalue weighted by Crippen LogP contribution is -2.30. The van der Waals surface area contributed by atoms with Gasteiger partial charge in [-0.15, -0.1) is 0 Å². The highest BCUT2D eigenvalue weighted by Gasteiger charge is 2.40. The number of nitrogens with zero attached hydrogens (tertiary/aromatic N) is 1. The van der Waals surface area contributed by atoms with E-state index in [-0.39, 0.29) is 36.7 Å². The number of amides is 1. The number of likely N-dealkylation sites (tertiary alicyclic amines) is 1. The van der Waals surface area contributed by atoms with Crippen LogP contribution in [0.3, 0.4) is 0 Å². The molecule has 1 aliphatic rings. The summed E-state index contributed by atoms with van der Waals surface area (Å²) in [6, 6.07) is 0. The van der Waals surface area contributed by atoms with E-state index in [1.807, 2.05) is 13.8 Å². The molecule has 1 saturated heterocycles. The van der Waals surface area contributed by atoms with Crippen molar-refractivity contribution in [1.29, 1.82) is 0 Å². The molecule has 1 heterocycles. The SMILES string of the molecule is CC1(C)CN(C(=O)CCC(=O)O)C[C@@H]1CO. The molecule has 1 aliphatic heterocycles. The first-order valence-electron chi connectivity index (χ1n) is 5.47. The highest BCUT2D eigenvalue weighted by atomic mass is 16.4. The molecule has 0 spiro atoms. The molecule has 0 aromatic heterocycles. The third-order valence-corrected chi connectivity index (χ3v) is 3.27. The Morgan fingerprint density at radius 3 is 2.44 bits per heavy atom. The highest BCUT2D eigenvalue weighted by molar-refractivity contribution is 5.81. The highest BCUT2D eigenvalue weighted by Crippen LogP contribution is 2.34. The average Bonchev–Trinajstić information content (AvgIpc) is 2.49. The minimum absolute atomic E-state index is 0.0452. The Bertz CT molecular complexity index is 288. The number of rotatable bonds is 4. The van der Waals surface area contributed by atoms with E-state index in [9.17, 15) is 14.7 Å². The summed E-state index contributed by atoms with van der Waals surface area (Å²) in [4.78, 5) is 23.7. The van der Waals surface area contributed by atoms with Crippen LogP contribution in [-0.4, -0.2) is 46.7 Å². The Hall–Kier alpha value is -1.10. The Balaban J connectivity index is 2.51. The second-order valence-corrected chi connectivity index (χ2v) is 5.04. The third kappa shape index (κ3) is 2.95. The molecule has 2 N–H and O–H groups in total. The quantitative estimate of drug-likeness (QED) is 0.728. The van der Waals surface area contributed by atoms with Gasteiger partial charge in [-0.1, -0.05) is 13.8 Å². The third-order valence-electron chi connectivity index (χ3n) is 3.27. The normalized spacial score (nSPS) is 23.4. The van der Waals surface area contributed by atoms with Gasteiger partial charge in [0.05, 0.1) is 6.42 Å². The minimum atomic E-state index is -0.953. The van der Waals surface area contributed by atoms with Gasteiger partial charge in [0, 0.05) is 32.0 Å². The molecule has 1 fully saturated rings. The van der Waals surface area contributed by atoms with Crippen molar-refractivity contribution in [2.24, 2.45) is 11.3 Å². The number of carbonyl (C=O) groups excluding carboxylic acids is 1. The lowest BCUT2D eigenvalue weighted by atomic mass is 9.83. The first-order chi connectivity index (χ1) is 7.36. The maximum Gasteiger partial charge on any atom is 0.303 e. The number of aliphatic hydroxyl groups excluding tert-OH is 1. The second-order valence-electron chi connectivity index (χ2n) is 5.04. The Kier molecular flexibility index (Phi) is 3.91. The Morgan fingerprint density at radius 2 is 2.00 bits per heavy atom. The molecule has 0 unspecified atom stereocenters. The van der Waals surface area contributed by atoms with Crippen molar-refractivity contribution < 1.29 is 19.8 Å². The second kappa shape index (κ2) is 4.82. The van der Waals surface area contributed by atoms with Crippen molar-refractivity contribution >= 4 is 11.9 Å². The number of hydrogen-bond donors (Lipinski definition) is 2. The molecule has 1 atom stereocenters. The van der Waals surface area contributed by atoms with Gasteiger partial charge in [-0.3, -0.25) is 9.59 Å². The zero-order valence-corrected chi connectivity index (χ0v) is 9.77. The van der Waals surface area contributed by atoms with Crippen LogP contribution in [0.15, 0.2) is 0 Å². The summed E-state index contributed by atoms with van der Waals surface area (Å²) in [6.45, 7) is 5.21. The molecular weight excluding hydrogens is 210 g/mol. The van der Waals surface area contributed by atoms with Crippen molar-refractivity contribution in [2.45, 2.75) is 26.7 Å². The number of carboxylic acid groups (broad SMARTS) is 1. The van der Waals surface area contributed by atoms with E-state index < -0.39 is 5.97 Å². The molecule has 0 bridgehead atoms. The van der Waals surface area contributed by atoms with Gasteiger partial charge in [0.25, 0.3) is 0 Å². The summed E-state index contributed by atoms with van der Waals surface area (Å²) in [6.07, 6.45) is -0.0802. The number of hydrogen-bond acceptors (Lipinski definition) is 3. The molecular formula is C11H19NO4. The van der Waals surface area contributed by atoms with E-state index >= 15 is 0 Å². The number of aliphatic hydroxyl groups is 1. The van der Waals surface area contributed by atoms with Crippen LogP contribution in [0.2, 0.25) is 0 Å². The Morgan fingerprint density at radius 1 is 1.38 bits per heavy atom. The van der Waals surface area contributed by atoms with Crippen LogP contribution >= 0.6 is 0 Å². The zero-order valence-electron chi connectivity index (χ0n) is 9.77. The predicted molar refractivity (Wildman–Crippen MR) is 57.8 cm³/mol. The molecule has 0 saturated carbocycles. The van der Waals surface area contributed by atoms with Crippen LogP contribution in [0.25, 0.3) is 0 Å². The van der Waals surface area contributed by atoms with Gasteiger partial charge < -0.3 is 15.1 Å². The summed E-state index contributed by atoms with van der Waals surface area (Å²) < 4.78 is 0. The summed E-state index contributed by atoms with van der Waals surface area (Å²) in [5, 5.41) is 17.7. The molecule has 0 aromatic carbocycles. The first-order valence-corrected chi connectivity index (χ1v) is 5.47.